The number of pyridine rings is 1. The van der Waals surface area contributed by atoms with Crippen molar-refractivity contribution >= 4 is 32.6 Å². The summed E-state index contributed by atoms with van der Waals surface area (Å²) in [5, 5.41) is 0.970. The zero-order chi connectivity index (χ0) is 13.9. The van der Waals surface area contributed by atoms with Crippen molar-refractivity contribution < 1.29 is 4.79 Å². The smallest absolute Gasteiger partial charge is 0.194 e. The number of rotatable bonds is 0. The Hall–Kier alpha value is -2.00. The molecule has 1 aliphatic carbocycles. The third kappa shape index (κ3) is 1.50. The van der Waals surface area contributed by atoms with Gasteiger partial charge in [-0.15, -0.1) is 0 Å². The minimum atomic E-state index is 0.0741. The number of benzene rings is 2. The van der Waals surface area contributed by atoms with Gasteiger partial charge in [0.05, 0.1) is 5.52 Å². The maximum atomic E-state index is 12.7. The van der Waals surface area contributed by atoms with Crippen molar-refractivity contribution in [3.63, 3.8) is 0 Å². The predicted octanol–water partition coefficient (Wildman–Crippen LogP) is 4.52. The van der Waals surface area contributed by atoms with Crippen LogP contribution in [0.4, 0.5) is 0 Å². The number of fused-ring (bicyclic) bond motifs is 2. The number of hydrogen-bond donors (Lipinski definition) is 0. The van der Waals surface area contributed by atoms with Gasteiger partial charge in [0.15, 0.2) is 5.78 Å². The molecule has 0 bridgehead atoms. The summed E-state index contributed by atoms with van der Waals surface area (Å²) in [4.78, 5) is 17.2. The lowest BCUT2D eigenvalue weighted by atomic mass is 9.84. The van der Waals surface area contributed by atoms with Crippen LogP contribution < -0.4 is 0 Å². The molecular formula is C17H10BrNO. The second kappa shape index (κ2) is 4.00. The zero-order valence-electron chi connectivity index (χ0n) is 10.8. The van der Waals surface area contributed by atoms with Gasteiger partial charge in [-0.3, -0.25) is 9.78 Å². The molecule has 1 aromatic heterocycles. The first-order chi connectivity index (χ1) is 9.65. The molecule has 3 aromatic rings. The number of carbonyl (C=O) groups excluding carboxylic acids is 1. The molecular weight excluding hydrogens is 314 g/mol. The van der Waals surface area contributed by atoms with E-state index in [1.165, 1.54) is 0 Å². The molecule has 1 heterocycles. The first-order valence-electron chi connectivity index (χ1n) is 6.40. The van der Waals surface area contributed by atoms with Crippen LogP contribution in [0.15, 0.2) is 46.9 Å². The third-order valence-electron chi connectivity index (χ3n) is 3.72. The highest BCUT2D eigenvalue weighted by molar-refractivity contribution is 9.10. The standard InChI is InChI=1S/C17H10BrNO/c1-9-7-13-11-6-5-10(18)8-14(11)17(20)12-3-2-4-15(19-9)16(12)13/h2-8H,1H3. The van der Waals surface area contributed by atoms with Gasteiger partial charge in [-0.05, 0) is 42.3 Å². The summed E-state index contributed by atoms with van der Waals surface area (Å²) in [6.45, 7) is 1.98. The van der Waals surface area contributed by atoms with Crippen LogP contribution in [0, 0.1) is 6.92 Å². The lowest BCUT2D eigenvalue weighted by molar-refractivity contribution is 0.104. The van der Waals surface area contributed by atoms with Gasteiger partial charge in [0.2, 0.25) is 0 Å². The first-order valence-corrected chi connectivity index (χ1v) is 7.19. The maximum absolute atomic E-state index is 12.7. The Balaban J connectivity index is 2.24. The summed E-state index contributed by atoms with van der Waals surface area (Å²) in [6.07, 6.45) is 0. The van der Waals surface area contributed by atoms with Crippen molar-refractivity contribution in [2.24, 2.45) is 0 Å². The third-order valence-corrected chi connectivity index (χ3v) is 4.22. The summed E-state index contributed by atoms with van der Waals surface area (Å²) in [6, 6.07) is 13.7. The largest absolute Gasteiger partial charge is 0.289 e. The number of aromatic nitrogens is 1. The number of hydrogen-bond acceptors (Lipinski definition) is 2. The Morgan fingerprint density at radius 1 is 0.950 bits per heavy atom. The topological polar surface area (TPSA) is 30.0 Å². The first kappa shape index (κ1) is 11.8. The van der Waals surface area contributed by atoms with E-state index in [1.54, 1.807) is 0 Å². The van der Waals surface area contributed by atoms with Gasteiger partial charge in [0.25, 0.3) is 0 Å². The molecule has 0 saturated carbocycles. The molecule has 3 heteroatoms. The van der Waals surface area contributed by atoms with E-state index in [0.29, 0.717) is 0 Å². The van der Waals surface area contributed by atoms with Gasteiger partial charge in [-0.25, -0.2) is 0 Å². The van der Waals surface area contributed by atoms with Crippen molar-refractivity contribution in [2.45, 2.75) is 6.92 Å². The van der Waals surface area contributed by atoms with E-state index in [0.717, 1.165) is 43.3 Å². The molecule has 2 aromatic carbocycles. The van der Waals surface area contributed by atoms with E-state index in [1.807, 2.05) is 43.3 Å². The molecule has 20 heavy (non-hydrogen) atoms. The van der Waals surface area contributed by atoms with E-state index < -0.39 is 0 Å². The lowest BCUT2D eigenvalue weighted by Gasteiger charge is -2.20. The molecule has 0 radical (unpaired) electrons. The molecule has 0 unspecified atom stereocenters. The van der Waals surface area contributed by atoms with Gasteiger partial charge < -0.3 is 0 Å². The molecule has 0 spiro atoms. The summed E-state index contributed by atoms with van der Waals surface area (Å²) < 4.78 is 0.922. The minimum Gasteiger partial charge on any atom is -0.289 e. The van der Waals surface area contributed by atoms with E-state index >= 15 is 0 Å². The summed E-state index contributed by atoms with van der Waals surface area (Å²) >= 11 is 3.44. The van der Waals surface area contributed by atoms with Crippen molar-refractivity contribution in [1.29, 1.82) is 0 Å². The SMILES string of the molecule is Cc1cc2c3c(cccc3n1)C(=O)c1cc(Br)ccc1-2. The average Bonchev–Trinajstić information content (AvgIpc) is 2.44. The number of ketones is 1. The quantitative estimate of drug-likeness (QED) is 0.476. The Labute approximate surface area is 124 Å². The molecule has 0 N–H and O–H groups in total. The molecule has 1 aliphatic rings. The zero-order valence-corrected chi connectivity index (χ0v) is 12.4. The highest BCUT2D eigenvalue weighted by Crippen LogP contribution is 2.39. The second-order valence-corrected chi connectivity index (χ2v) is 5.95. The van der Waals surface area contributed by atoms with Crippen LogP contribution in [0.5, 0.6) is 0 Å². The van der Waals surface area contributed by atoms with Gasteiger partial charge in [-0.1, -0.05) is 34.1 Å². The van der Waals surface area contributed by atoms with Gasteiger partial charge >= 0.3 is 0 Å². The summed E-state index contributed by atoms with van der Waals surface area (Å²) in [7, 11) is 0. The van der Waals surface area contributed by atoms with Crippen LogP contribution in [0.3, 0.4) is 0 Å². The molecule has 96 valence electrons. The molecule has 0 aliphatic heterocycles. The minimum absolute atomic E-state index is 0.0741. The Morgan fingerprint density at radius 3 is 2.65 bits per heavy atom. The van der Waals surface area contributed by atoms with Crippen molar-refractivity contribution in [2.75, 3.05) is 0 Å². The predicted molar refractivity (Wildman–Crippen MR) is 83.0 cm³/mol. The molecule has 4 rings (SSSR count). The van der Waals surface area contributed by atoms with Crippen LogP contribution in [0.1, 0.15) is 21.6 Å². The number of aryl methyl sites for hydroxylation is 1. The van der Waals surface area contributed by atoms with Crippen molar-refractivity contribution in [3.05, 3.63) is 63.8 Å². The van der Waals surface area contributed by atoms with E-state index in [4.69, 9.17) is 0 Å². The van der Waals surface area contributed by atoms with Crippen LogP contribution in [0.2, 0.25) is 0 Å². The van der Waals surface area contributed by atoms with Gasteiger partial charge in [0.1, 0.15) is 0 Å². The lowest BCUT2D eigenvalue weighted by Crippen LogP contribution is -2.10. The van der Waals surface area contributed by atoms with E-state index in [-0.39, 0.29) is 5.78 Å². The molecule has 0 amide bonds. The molecule has 2 nitrogen and oxygen atoms in total. The van der Waals surface area contributed by atoms with Crippen molar-refractivity contribution in [1.82, 2.24) is 4.98 Å². The van der Waals surface area contributed by atoms with Crippen LogP contribution >= 0.6 is 15.9 Å². The second-order valence-electron chi connectivity index (χ2n) is 5.03. The van der Waals surface area contributed by atoms with Crippen LogP contribution in [0.25, 0.3) is 22.0 Å². The van der Waals surface area contributed by atoms with Gasteiger partial charge in [0, 0.05) is 26.7 Å². The Bertz CT molecular complexity index is 899. The fraction of sp³-hybridized carbons (Fsp3) is 0.0588. The van der Waals surface area contributed by atoms with Crippen LogP contribution in [-0.2, 0) is 0 Å². The molecule has 0 fully saturated rings. The average molecular weight is 324 g/mol. The monoisotopic (exact) mass is 323 g/mol. The molecule has 0 saturated heterocycles. The van der Waals surface area contributed by atoms with Crippen LogP contribution in [-0.4, -0.2) is 10.8 Å². The number of nitrogens with zero attached hydrogens (tertiary/aromatic N) is 1. The Morgan fingerprint density at radius 2 is 1.80 bits per heavy atom. The van der Waals surface area contributed by atoms with E-state index in [2.05, 4.69) is 27.0 Å². The normalized spacial score (nSPS) is 12.6. The fourth-order valence-corrected chi connectivity index (χ4v) is 3.27. The number of halogens is 1. The fourth-order valence-electron chi connectivity index (χ4n) is 2.91. The van der Waals surface area contributed by atoms with Gasteiger partial charge in [-0.2, -0.15) is 0 Å². The van der Waals surface area contributed by atoms with Crippen molar-refractivity contribution in [3.8, 4) is 11.1 Å². The maximum Gasteiger partial charge on any atom is 0.194 e. The highest BCUT2D eigenvalue weighted by atomic mass is 79.9. The summed E-state index contributed by atoms with van der Waals surface area (Å²) in [5.74, 6) is 0.0741. The van der Waals surface area contributed by atoms with E-state index in [9.17, 15) is 4.79 Å². The number of carbonyl (C=O) groups is 1. The Kier molecular flexibility index (Phi) is 2.36. The molecule has 0 atom stereocenters. The highest BCUT2D eigenvalue weighted by Gasteiger charge is 2.25. The summed E-state index contributed by atoms with van der Waals surface area (Å²) in [5.41, 5.74) is 5.45.